The highest BCUT2D eigenvalue weighted by Gasteiger charge is 2.12. The van der Waals surface area contributed by atoms with Crippen molar-refractivity contribution in [2.75, 3.05) is 14.2 Å². The minimum absolute atomic E-state index is 0.244. The molecule has 0 saturated carbocycles. The van der Waals surface area contributed by atoms with Crippen molar-refractivity contribution in [3.63, 3.8) is 0 Å². The quantitative estimate of drug-likeness (QED) is 0.854. The van der Waals surface area contributed by atoms with Gasteiger partial charge in [0.2, 0.25) is 0 Å². The summed E-state index contributed by atoms with van der Waals surface area (Å²) in [6.07, 6.45) is 2.11. The largest absolute Gasteiger partial charge is 0.493 e. The van der Waals surface area contributed by atoms with E-state index in [0.29, 0.717) is 0 Å². The van der Waals surface area contributed by atoms with Crippen molar-refractivity contribution in [3.05, 3.63) is 41.2 Å². The van der Waals surface area contributed by atoms with Gasteiger partial charge in [-0.1, -0.05) is 6.07 Å². The second-order valence-electron chi connectivity index (χ2n) is 5.32. The standard InChI is InChI=1S/C17H25N3O2/c1-6-20-11-15(13(3)19-20)12(2)18-10-14-7-8-16(21-4)17(9-14)22-5/h7-9,11-12,18H,6,10H2,1-5H3. The highest BCUT2D eigenvalue weighted by Crippen LogP contribution is 2.27. The van der Waals surface area contributed by atoms with E-state index in [9.17, 15) is 0 Å². The Balaban J connectivity index is 2.04. The van der Waals surface area contributed by atoms with Gasteiger partial charge in [0, 0.05) is 30.9 Å². The first-order valence-corrected chi connectivity index (χ1v) is 7.57. The Labute approximate surface area is 132 Å². The van der Waals surface area contributed by atoms with E-state index in [1.807, 2.05) is 22.9 Å². The van der Waals surface area contributed by atoms with Gasteiger partial charge in [0.05, 0.1) is 19.9 Å². The molecule has 1 aromatic carbocycles. The first-order valence-electron chi connectivity index (χ1n) is 7.57. The van der Waals surface area contributed by atoms with Crippen LogP contribution >= 0.6 is 0 Å². The number of methoxy groups -OCH3 is 2. The average molecular weight is 303 g/mol. The number of benzene rings is 1. The fraction of sp³-hybridized carbons (Fsp3) is 0.471. The zero-order valence-corrected chi connectivity index (χ0v) is 14.0. The zero-order chi connectivity index (χ0) is 16.1. The second-order valence-corrected chi connectivity index (χ2v) is 5.32. The summed E-state index contributed by atoms with van der Waals surface area (Å²) in [5.41, 5.74) is 3.47. The SMILES string of the molecule is CCn1cc(C(C)NCc2ccc(OC)c(OC)c2)c(C)n1. The van der Waals surface area contributed by atoms with E-state index >= 15 is 0 Å². The Hall–Kier alpha value is -2.01. The summed E-state index contributed by atoms with van der Waals surface area (Å²) in [5.74, 6) is 1.50. The smallest absolute Gasteiger partial charge is 0.161 e. The third-order valence-electron chi connectivity index (χ3n) is 3.84. The molecule has 2 aromatic rings. The summed E-state index contributed by atoms with van der Waals surface area (Å²) in [7, 11) is 3.30. The van der Waals surface area contributed by atoms with Crippen LogP contribution < -0.4 is 14.8 Å². The fourth-order valence-corrected chi connectivity index (χ4v) is 2.49. The van der Waals surface area contributed by atoms with Gasteiger partial charge in [0.15, 0.2) is 11.5 Å². The van der Waals surface area contributed by atoms with Crippen LogP contribution in [0.5, 0.6) is 11.5 Å². The molecule has 0 aliphatic heterocycles. The molecule has 1 heterocycles. The normalized spacial score (nSPS) is 12.2. The molecule has 0 amide bonds. The summed E-state index contributed by atoms with van der Waals surface area (Å²) in [4.78, 5) is 0. The van der Waals surface area contributed by atoms with E-state index in [0.717, 1.165) is 35.8 Å². The van der Waals surface area contributed by atoms with Crippen LogP contribution in [0.4, 0.5) is 0 Å². The first kappa shape index (κ1) is 16.4. The van der Waals surface area contributed by atoms with Crippen molar-refractivity contribution in [1.29, 1.82) is 0 Å². The number of nitrogens with one attached hydrogen (secondary N) is 1. The maximum atomic E-state index is 5.34. The van der Waals surface area contributed by atoms with Gasteiger partial charge in [0.1, 0.15) is 0 Å². The van der Waals surface area contributed by atoms with Gasteiger partial charge < -0.3 is 14.8 Å². The van der Waals surface area contributed by atoms with Crippen molar-refractivity contribution in [2.24, 2.45) is 0 Å². The van der Waals surface area contributed by atoms with E-state index in [1.54, 1.807) is 14.2 Å². The van der Waals surface area contributed by atoms with Gasteiger partial charge in [-0.15, -0.1) is 0 Å². The molecule has 0 bridgehead atoms. The number of rotatable bonds is 7. The number of hydrogen-bond acceptors (Lipinski definition) is 4. The molecular formula is C17H25N3O2. The Bertz CT molecular complexity index is 622. The lowest BCUT2D eigenvalue weighted by Crippen LogP contribution is -2.18. The van der Waals surface area contributed by atoms with Crippen molar-refractivity contribution >= 4 is 0 Å². The fourth-order valence-electron chi connectivity index (χ4n) is 2.49. The number of ether oxygens (including phenoxy) is 2. The Morgan fingerprint density at radius 2 is 1.95 bits per heavy atom. The molecule has 1 atom stereocenters. The van der Waals surface area contributed by atoms with E-state index in [4.69, 9.17) is 9.47 Å². The number of nitrogens with zero attached hydrogens (tertiary/aromatic N) is 2. The lowest BCUT2D eigenvalue weighted by atomic mass is 10.1. The first-order chi connectivity index (χ1) is 10.6. The molecule has 1 aromatic heterocycles. The lowest BCUT2D eigenvalue weighted by molar-refractivity contribution is 0.354. The monoisotopic (exact) mass is 303 g/mol. The maximum absolute atomic E-state index is 5.34. The van der Waals surface area contributed by atoms with Crippen LogP contribution in [-0.4, -0.2) is 24.0 Å². The molecule has 120 valence electrons. The third kappa shape index (κ3) is 3.60. The van der Waals surface area contributed by atoms with Crippen molar-refractivity contribution in [3.8, 4) is 11.5 Å². The average Bonchev–Trinajstić information content (AvgIpc) is 2.93. The van der Waals surface area contributed by atoms with E-state index in [2.05, 4.69) is 37.4 Å². The summed E-state index contributed by atoms with van der Waals surface area (Å²) in [6, 6.07) is 6.22. The van der Waals surface area contributed by atoms with E-state index in [1.165, 1.54) is 5.56 Å². The number of aromatic nitrogens is 2. The minimum atomic E-state index is 0.244. The predicted molar refractivity (Wildman–Crippen MR) is 87.4 cm³/mol. The van der Waals surface area contributed by atoms with Crippen molar-refractivity contribution in [1.82, 2.24) is 15.1 Å². The lowest BCUT2D eigenvalue weighted by Gasteiger charge is -2.14. The maximum Gasteiger partial charge on any atom is 0.161 e. The third-order valence-corrected chi connectivity index (χ3v) is 3.84. The molecular weight excluding hydrogens is 278 g/mol. The molecule has 0 radical (unpaired) electrons. The van der Waals surface area contributed by atoms with Crippen LogP contribution in [0, 0.1) is 6.92 Å². The minimum Gasteiger partial charge on any atom is -0.493 e. The highest BCUT2D eigenvalue weighted by atomic mass is 16.5. The van der Waals surface area contributed by atoms with Crippen LogP contribution in [0.25, 0.3) is 0 Å². The van der Waals surface area contributed by atoms with E-state index in [-0.39, 0.29) is 6.04 Å². The molecule has 0 aliphatic carbocycles. The molecule has 0 spiro atoms. The predicted octanol–water partition coefficient (Wildman–Crippen LogP) is 3.08. The Morgan fingerprint density at radius 3 is 2.55 bits per heavy atom. The molecule has 0 saturated heterocycles. The molecule has 2 rings (SSSR count). The second kappa shape index (κ2) is 7.31. The van der Waals surface area contributed by atoms with Gasteiger partial charge in [-0.25, -0.2) is 0 Å². The zero-order valence-electron chi connectivity index (χ0n) is 14.0. The van der Waals surface area contributed by atoms with Gasteiger partial charge in [-0.2, -0.15) is 5.10 Å². The highest BCUT2D eigenvalue weighted by molar-refractivity contribution is 5.42. The van der Waals surface area contributed by atoms with Crippen LogP contribution in [-0.2, 0) is 13.1 Å². The Morgan fingerprint density at radius 1 is 1.23 bits per heavy atom. The Kier molecular flexibility index (Phi) is 5.44. The van der Waals surface area contributed by atoms with Gasteiger partial charge >= 0.3 is 0 Å². The number of aryl methyl sites for hydroxylation is 2. The molecule has 22 heavy (non-hydrogen) atoms. The topological polar surface area (TPSA) is 48.3 Å². The molecule has 1 N–H and O–H groups in total. The van der Waals surface area contributed by atoms with E-state index < -0.39 is 0 Å². The van der Waals surface area contributed by atoms with Gasteiger partial charge in [-0.05, 0) is 38.5 Å². The van der Waals surface area contributed by atoms with Crippen LogP contribution in [0.3, 0.4) is 0 Å². The summed E-state index contributed by atoms with van der Waals surface area (Å²) in [6.45, 7) is 7.96. The van der Waals surface area contributed by atoms with Crippen molar-refractivity contribution in [2.45, 2.75) is 39.9 Å². The molecule has 0 aliphatic rings. The van der Waals surface area contributed by atoms with Crippen molar-refractivity contribution < 1.29 is 9.47 Å². The molecule has 1 unspecified atom stereocenters. The summed E-state index contributed by atoms with van der Waals surface area (Å²) >= 11 is 0. The molecule has 5 nitrogen and oxygen atoms in total. The molecule has 0 fully saturated rings. The van der Waals surface area contributed by atoms with Crippen LogP contribution in [0.15, 0.2) is 24.4 Å². The van der Waals surface area contributed by atoms with Crippen LogP contribution in [0.1, 0.15) is 36.7 Å². The summed E-state index contributed by atoms with van der Waals surface area (Å²) in [5, 5.41) is 8.03. The summed E-state index contributed by atoms with van der Waals surface area (Å²) < 4.78 is 12.6. The van der Waals surface area contributed by atoms with Crippen LogP contribution in [0.2, 0.25) is 0 Å². The molecule has 5 heteroatoms. The van der Waals surface area contributed by atoms with Gasteiger partial charge in [-0.3, -0.25) is 4.68 Å². The van der Waals surface area contributed by atoms with Gasteiger partial charge in [0.25, 0.3) is 0 Å². The number of hydrogen-bond donors (Lipinski definition) is 1.